The van der Waals surface area contributed by atoms with Crippen LogP contribution in [0.2, 0.25) is 0 Å². The van der Waals surface area contributed by atoms with E-state index < -0.39 is 0 Å². The van der Waals surface area contributed by atoms with Gasteiger partial charge in [-0.1, -0.05) is 24.3 Å². The topological polar surface area (TPSA) is 35.2 Å². The lowest BCUT2D eigenvalue weighted by atomic mass is 9.88. The summed E-state index contributed by atoms with van der Waals surface area (Å²) in [4.78, 5) is 0. The zero-order chi connectivity index (χ0) is 9.31. The Morgan fingerprint density at radius 1 is 1.46 bits per heavy atom. The predicted molar refractivity (Wildman–Crippen MR) is 52.5 cm³/mol. The van der Waals surface area contributed by atoms with Gasteiger partial charge in [-0.15, -0.1) is 0 Å². The molecule has 13 heavy (non-hydrogen) atoms. The standard InChI is InChI=1S/C11H15NO/c1-11(8-12)10-5-3-2-4-9(10)6-7-13-11/h2-5H,6-8,12H2,1H3/t11-/m0/s1. The van der Waals surface area contributed by atoms with Crippen molar-refractivity contribution in [1.29, 1.82) is 0 Å². The molecule has 2 nitrogen and oxygen atoms in total. The summed E-state index contributed by atoms with van der Waals surface area (Å²) in [5.41, 5.74) is 8.09. The molecule has 0 aliphatic carbocycles. The molecule has 1 aliphatic heterocycles. The van der Waals surface area contributed by atoms with Crippen molar-refractivity contribution in [2.45, 2.75) is 18.9 Å². The Hall–Kier alpha value is -0.860. The first-order valence-corrected chi connectivity index (χ1v) is 4.69. The smallest absolute Gasteiger partial charge is 0.103 e. The molecule has 2 rings (SSSR count). The molecule has 1 heterocycles. The van der Waals surface area contributed by atoms with Crippen LogP contribution in [-0.4, -0.2) is 13.2 Å². The summed E-state index contributed by atoms with van der Waals surface area (Å²) in [7, 11) is 0. The van der Waals surface area contributed by atoms with Gasteiger partial charge in [0.05, 0.1) is 6.61 Å². The lowest BCUT2D eigenvalue weighted by molar-refractivity contribution is -0.0389. The van der Waals surface area contributed by atoms with Gasteiger partial charge in [-0.2, -0.15) is 0 Å². The van der Waals surface area contributed by atoms with Gasteiger partial charge in [0.15, 0.2) is 0 Å². The van der Waals surface area contributed by atoms with E-state index in [4.69, 9.17) is 10.5 Å². The zero-order valence-electron chi connectivity index (χ0n) is 7.92. The highest BCUT2D eigenvalue weighted by Gasteiger charge is 2.31. The summed E-state index contributed by atoms with van der Waals surface area (Å²) in [5, 5.41) is 0. The van der Waals surface area contributed by atoms with Crippen molar-refractivity contribution < 1.29 is 4.74 Å². The molecule has 2 N–H and O–H groups in total. The van der Waals surface area contributed by atoms with Crippen molar-refractivity contribution in [1.82, 2.24) is 0 Å². The van der Waals surface area contributed by atoms with Crippen molar-refractivity contribution >= 4 is 0 Å². The van der Waals surface area contributed by atoms with Gasteiger partial charge >= 0.3 is 0 Å². The fourth-order valence-corrected chi connectivity index (χ4v) is 1.89. The molecule has 0 bridgehead atoms. The minimum Gasteiger partial charge on any atom is -0.369 e. The second-order valence-electron chi connectivity index (χ2n) is 3.69. The van der Waals surface area contributed by atoms with E-state index in [2.05, 4.69) is 25.1 Å². The first kappa shape index (κ1) is 8.73. The SMILES string of the molecule is C[C@@]1(CN)OCCc2ccccc21. The Bertz CT molecular complexity index is 311. The Labute approximate surface area is 78.7 Å². The molecular formula is C11H15NO. The largest absolute Gasteiger partial charge is 0.369 e. The fraction of sp³-hybridized carbons (Fsp3) is 0.455. The van der Waals surface area contributed by atoms with E-state index in [1.165, 1.54) is 11.1 Å². The van der Waals surface area contributed by atoms with Gasteiger partial charge in [0, 0.05) is 6.54 Å². The van der Waals surface area contributed by atoms with E-state index in [0.29, 0.717) is 6.54 Å². The normalized spacial score (nSPS) is 26.9. The predicted octanol–water partition coefficient (Wildman–Crippen LogP) is 1.43. The van der Waals surface area contributed by atoms with E-state index in [-0.39, 0.29) is 5.60 Å². The third kappa shape index (κ3) is 1.36. The molecule has 0 saturated carbocycles. The van der Waals surface area contributed by atoms with E-state index in [1.807, 2.05) is 6.07 Å². The maximum Gasteiger partial charge on any atom is 0.103 e. The van der Waals surface area contributed by atoms with Crippen molar-refractivity contribution in [3.63, 3.8) is 0 Å². The van der Waals surface area contributed by atoms with Crippen LogP contribution < -0.4 is 5.73 Å². The quantitative estimate of drug-likeness (QED) is 0.704. The lowest BCUT2D eigenvalue weighted by Gasteiger charge is -2.35. The molecule has 0 saturated heterocycles. The van der Waals surface area contributed by atoms with E-state index in [0.717, 1.165) is 13.0 Å². The van der Waals surface area contributed by atoms with Gasteiger partial charge in [-0.05, 0) is 24.5 Å². The average molecular weight is 177 g/mol. The van der Waals surface area contributed by atoms with Crippen LogP contribution in [0.25, 0.3) is 0 Å². The highest BCUT2D eigenvalue weighted by molar-refractivity contribution is 5.34. The Morgan fingerprint density at radius 2 is 2.23 bits per heavy atom. The van der Waals surface area contributed by atoms with Crippen molar-refractivity contribution in [3.05, 3.63) is 35.4 Å². The minimum atomic E-state index is -0.269. The zero-order valence-corrected chi connectivity index (χ0v) is 7.92. The number of ether oxygens (including phenoxy) is 1. The second kappa shape index (κ2) is 3.13. The monoisotopic (exact) mass is 177 g/mol. The van der Waals surface area contributed by atoms with Crippen LogP contribution in [-0.2, 0) is 16.8 Å². The summed E-state index contributed by atoms with van der Waals surface area (Å²) < 4.78 is 5.72. The average Bonchev–Trinajstić information content (AvgIpc) is 2.19. The highest BCUT2D eigenvalue weighted by Crippen LogP contribution is 2.31. The third-order valence-electron chi connectivity index (χ3n) is 2.77. The molecule has 0 spiro atoms. The third-order valence-corrected chi connectivity index (χ3v) is 2.77. The van der Waals surface area contributed by atoms with Gasteiger partial charge in [0.1, 0.15) is 5.60 Å². The Morgan fingerprint density at radius 3 is 3.00 bits per heavy atom. The van der Waals surface area contributed by atoms with Crippen molar-refractivity contribution in [2.75, 3.05) is 13.2 Å². The summed E-state index contributed by atoms with van der Waals surface area (Å²) in [6.45, 7) is 3.39. The van der Waals surface area contributed by atoms with Crippen molar-refractivity contribution in [2.24, 2.45) is 5.73 Å². The summed E-state index contributed by atoms with van der Waals surface area (Å²) in [5.74, 6) is 0. The highest BCUT2D eigenvalue weighted by atomic mass is 16.5. The molecule has 2 heteroatoms. The molecular weight excluding hydrogens is 162 g/mol. The van der Waals surface area contributed by atoms with E-state index in [9.17, 15) is 0 Å². The number of nitrogens with two attached hydrogens (primary N) is 1. The van der Waals surface area contributed by atoms with E-state index >= 15 is 0 Å². The molecule has 0 amide bonds. The summed E-state index contributed by atoms with van der Waals surface area (Å²) >= 11 is 0. The number of rotatable bonds is 1. The number of fused-ring (bicyclic) bond motifs is 1. The Balaban J connectivity index is 2.48. The number of benzene rings is 1. The maximum absolute atomic E-state index is 5.73. The number of hydrogen-bond acceptors (Lipinski definition) is 2. The fourth-order valence-electron chi connectivity index (χ4n) is 1.89. The molecule has 0 fully saturated rings. The van der Waals surface area contributed by atoms with Gasteiger partial charge in [0.25, 0.3) is 0 Å². The maximum atomic E-state index is 5.73. The molecule has 0 unspecified atom stereocenters. The Kier molecular flexibility index (Phi) is 2.10. The minimum absolute atomic E-state index is 0.269. The molecule has 1 aromatic rings. The van der Waals surface area contributed by atoms with Crippen LogP contribution in [0.15, 0.2) is 24.3 Å². The van der Waals surface area contributed by atoms with Gasteiger partial charge in [-0.25, -0.2) is 0 Å². The second-order valence-corrected chi connectivity index (χ2v) is 3.69. The van der Waals surface area contributed by atoms with Crippen LogP contribution >= 0.6 is 0 Å². The lowest BCUT2D eigenvalue weighted by Crippen LogP contribution is -2.39. The van der Waals surface area contributed by atoms with Crippen LogP contribution in [0, 0.1) is 0 Å². The molecule has 0 radical (unpaired) electrons. The first-order chi connectivity index (χ1) is 6.26. The first-order valence-electron chi connectivity index (χ1n) is 4.69. The van der Waals surface area contributed by atoms with Crippen molar-refractivity contribution in [3.8, 4) is 0 Å². The molecule has 1 atom stereocenters. The molecule has 70 valence electrons. The molecule has 0 aromatic heterocycles. The summed E-state index contributed by atoms with van der Waals surface area (Å²) in [6.07, 6.45) is 1.01. The molecule has 1 aromatic carbocycles. The van der Waals surface area contributed by atoms with Crippen LogP contribution in [0.5, 0.6) is 0 Å². The number of hydrogen-bond donors (Lipinski definition) is 1. The van der Waals surface area contributed by atoms with Gasteiger partial charge in [0.2, 0.25) is 0 Å². The van der Waals surface area contributed by atoms with Crippen LogP contribution in [0.1, 0.15) is 18.1 Å². The van der Waals surface area contributed by atoms with Gasteiger partial charge in [-0.3, -0.25) is 0 Å². The van der Waals surface area contributed by atoms with Crippen LogP contribution in [0.4, 0.5) is 0 Å². The van der Waals surface area contributed by atoms with Crippen LogP contribution in [0.3, 0.4) is 0 Å². The van der Waals surface area contributed by atoms with E-state index in [1.54, 1.807) is 0 Å². The molecule has 1 aliphatic rings. The summed E-state index contributed by atoms with van der Waals surface area (Å²) in [6, 6.07) is 8.38. The van der Waals surface area contributed by atoms with Gasteiger partial charge < -0.3 is 10.5 Å².